The smallest absolute Gasteiger partial charge is 0.0957 e. The van der Waals surface area contributed by atoms with Crippen LogP contribution >= 0.6 is 23.2 Å². The van der Waals surface area contributed by atoms with E-state index in [1.165, 1.54) is 0 Å². The summed E-state index contributed by atoms with van der Waals surface area (Å²) in [6.07, 6.45) is -0.00491. The van der Waals surface area contributed by atoms with Gasteiger partial charge in [-0.05, 0) is 32.1 Å². The Kier molecular flexibility index (Phi) is 5.52. The number of likely N-dealkylation sites (N-methyl/N-ethyl adjacent to an activating group) is 1. The number of benzene rings is 1. The molecule has 0 amide bonds. The molecule has 1 aromatic rings. The minimum atomic E-state index is -0.682. The largest absolute Gasteiger partial charge is 0.387 e. The summed E-state index contributed by atoms with van der Waals surface area (Å²) in [6.45, 7) is 0.508. The highest BCUT2D eigenvalue weighted by molar-refractivity contribution is 6.35. The fraction of sp³-hybridized carbons (Fsp3) is 0.455. The molecule has 3 nitrogen and oxygen atoms in total. The first kappa shape index (κ1) is 13.7. The quantitative estimate of drug-likeness (QED) is 0.761. The van der Waals surface area contributed by atoms with Gasteiger partial charge in [0.25, 0.3) is 0 Å². The fourth-order valence-electron chi connectivity index (χ4n) is 1.60. The number of hydrogen-bond acceptors (Lipinski definition) is 3. The van der Waals surface area contributed by atoms with Crippen molar-refractivity contribution in [1.82, 2.24) is 5.32 Å². The first-order valence-corrected chi connectivity index (χ1v) is 5.86. The van der Waals surface area contributed by atoms with Crippen molar-refractivity contribution >= 4 is 23.2 Å². The molecule has 16 heavy (non-hydrogen) atoms. The zero-order chi connectivity index (χ0) is 12.1. The van der Waals surface area contributed by atoms with E-state index in [0.717, 1.165) is 0 Å². The van der Waals surface area contributed by atoms with Crippen LogP contribution in [0.2, 0.25) is 10.0 Å². The minimum absolute atomic E-state index is 0.108. The van der Waals surface area contributed by atoms with E-state index in [1.807, 2.05) is 0 Å². The van der Waals surface area contributed by atoms with Gasteiger partial charge >= 0.3 is 0 Å². The Labute approximate surface area is 106 Å². The third-order valence-electron chi connectivity index (χ3n) is 2.51. The maximum Gasteiger partial charge on any atom is 0.0957 e. The van der Waals surface area contributed by atoms with Crippen molar-refractivity contribution < 1.29 is 5.11 Å². The van der Waals surface area contributed by atoms with E-state index in [4.69, 9.17) is 28.9 Å². The number of halogens is 2. The molecular formula is C11H16Cl2N2O. The lowest BCUT2D eigenvalue weighted by atomic mass is 10.00. The molecule has 0 aliphatic rings. The van der Waals surface area contributed by atoms with Crippen molar-refractivity contribution in [2.45, 2.75) is 18.6 Å². The standard InChI is InChI=1S/C11H16Cl2N2O/c1-15-10(4-5-14)11(16)8-3-2-7(12)6-9(8)13/h2-3,6,10-11,15-16H,4-5,14H2,1H3. The number of nitrogens with two attached hydrogens (primary N) is 1. The molecule has 0 saturated heterocycles. The van der Waals surface area contributed by atoms with E-state index in [1.54, 1.807) is 25.2 Å². The molecule has 0 aliphatic carbocycles. The molecule has 0 saturated carbocycles. The molecule has 2 atom stereocenters. The first-order chi connectivity index (χ1) is 7.60. The summed E-state index contributed by atoms with van der Waals surface area (Å²) in [5.74, 6) is 0. The number of aliphatic hydroxyl groups excluding tert-OH is 1. The van der Waals surface area contributed by atoms with Gasteiger partial charge in [-0.1, -0.05) is 29.3 Å². The molecule has 0 fully saturated rings. The molecule has 0 aliphatic heterocycles. The van der Waals surface area contributed by atoms with Crippen LogP contribution in [0.1, 0.15) is 18.1 Å². The number of aliphatic hydroxyl groups is 1. The van der Waals surface area contributed by atoms with Crippen LogP contribution in [0.5, 0.6) is 0 Å². The average Bonchev–Trinajstić information content (AvgIpc) is 2.25. The summed E-state index contributed by atoms with van der Waals surface area (Å²) < 4.78 is 0. The Hall–Kier alpha value is -0.320. The van der Waals surface area contributed by atoms with Crippen LogP contribution in [0.3, 0.4) is 0 Å². The molecule has 90 valence electrons. The second-order valence-corrected chi connectivity index (χ2v) is 4.43. The van der Waals surface area contributed by atoms with Crippen LogP contribution in [0.25, 0.3) is 0 Å². The van der Waals surface area contributed by atoms with Crippen molar-refractivity contribution in [1.29, 1.82) is 0 Å². The molecule has 4 N–H and O–H groups in total. The first-order valence-electron chi connectivity index (χ1n) is 5.10. The summed E-state index contributed by atoms with van der Waals surface area (Å²) in [6, 6.07) is 4.96. The normalized spacial score (nSPS) is 14.8. The van der Waals surface area contributed by atoms with Gasteiger partial charge in [-0.15, -0.1) is 0 Å². The van der Waals surface area contributed by atoms with Gasteiger partial charge in [0.15, 0.2) is 0 Å². The minimum Gasteiger partial charge on any atom is -0.387 e. The maximum absolute atomic E-state index is 10.1. The Morgan fingerprint density at radius 2 is 2.12 bits per heavy atom. The van der Waals surface area contributed by atoms with Gasteiger partial charge in [-0.2, -0.15) is 0 Å². The van der Waals surface area contributed by atoms with Crippen LogP contribution in [0, 0.1) is 0 Å². The predicted molar refractivity (Wildman–Crippen MR) is 67.9 cm³/mol. The Balaban J connectivity index is 2.89. The second kappa shape index (κ2) is 6.42. The summed E-state index contributed by atoms with van der Waals surface area (Å²) in [7, 11) is 1.79. The van der Waals surface area contributed by atoms with Gasteiger partial charge in [0.05, 0.1) is 6.10 Å². The average molecular weight is 263 g/mol. The lowest BCUT2D eigenvalue weighted by Gasteiger charge is -2.23. The van der Waals surface area contributed by atoms with E-state index in [0.29, 0.717) is 28.6 Å². The molecule has 5 heteroatoms. The number of nitrogens with one attached hydrogen (secondary N) is 1. The molecule has 0 spiro atoms. The molecular weight excluding hydrogens is 247 g/mol. The SMILES string of the molecule is CNC(CCN)C(O)c1ccc(Cl)cc1Cl. The molecule has 0 radical (unpaired) electrons. The summed E-state index contributed by atoms with van der Waals surface area (Å²) in [5.41, 5.74) is 6.14. The van der Waals surface area contributed by atoms with E-state index in [2.05, 4.69) is 5.32 Å². The molecule has 0 heterocycles. The highest BCUT2D eigenvalue weighted by atomic mass is 35.5. The van der Waals surface area contributed by atoms with Crippen molar-refractivity contribution in [3.05, 3.63) is 33.8 Å². The van der Waals surface area contributed by atoms with Crippen molar-refractivity contribution in [3.63, 3.8) is 0 Å². The van der Waals surface area contributed by atoms with Gasteiger partial charge in [-0.3, -0.25) is 0 Å². The highest BCUT2D eigenvalue weighted by Gasteiger charge is 2.20. The van der Waals surface area contributed by atoms with Crippen LogP contribution in [0.4, 0.5) is 0 Å². The van der Waals surface area contributed by atoms with Gasteiger partial charge < -0.3 is 16.2 Å². The third-order valence-corrected chi connectivity index (χ3v) is 3.07. The number of rotatable bonds is 5. The van der Waals surface area contributed by atoms with Crippen molar-refractivity contribution in [3.8, 4) is 0 Å². The Morgan fingerprint density at radius 3 is 2.62 bits per heavy atom. The maximum atomic E-state index is 10.1. The van der Waals surface area contributed by atoms with Crippen LogP contribution < -0.4 is 11.1 Å². The molecule has 2 unspecified atom stereocenters. The lowest BCUT2D eigenvalue weighted by Crippen LogP contribution is -2.34. The van der Waals surface area contributed by atoms with E-state index >= 15 is 0 Å². The monoisotopic (exact) mass is 262 g/mol. The third kappa shape index (κ3) is 3.34. The molecule has 0 aromatic heterocycles. The zero-order valence-electron chi connectivity index (χ0n) is 9.08. The van der Waals surface area contributed by atoms with Crippen LogP contribution in [-0.2, 0) is 0 Å². The summed E-state index contributed by atoms with van der Waals surface area (Å²) in [5, 5.41) is 14.2. The Bertz CT molecular complexity index is 347. The summed E-state index contributed by atoms with van der Waals surface area (Å²) >= 11 is 11.8. The lowest BCUT2D eigenvalue weighted by molar-refractivity contribution is 0.129. The Morgan fingerprint density at radius 1 is 1.44 bits per heavy atom. The summed E-state index contributed by atoms with van der Waals surface area (Å²) in [4.78, 5) is 0. The van der Waals surface area contributed by atoms with Gasteiger partial charge in [-0.25, -0.2) is 0 Å². The topological polar surface area (TPSA) is 58.3 Å². The second-order valence-electron chi connectivity index (χ2n) is 3.58. The van der Waals surface area contributed by atoms with Gasteiger partial charge in [0.2, 0.25) is 0 Å². The van der Waals surface area contributed by atoms with Crippen molar-refractivity contribution in [2.75, 3.05) is 13.6 Å². The van der Waals surface area contributed by atoms with Gasteiger partial charge in [0, 0.05) is 21.7 Å². The zero-order valence-corrected chi connectivity index (χ0v) is 10.6. The number of hydrogen-bond donors (Lipinski definition) is 3. The molecule has 1 aromatic carbocycles. The van der Waals surface area contributed by atoms with E-state index in [-0.39, 0.29) is 6.04 Å². The van der Waals surface area contributed by atoms with Crippen LogP contribution in [-0.4, -0.2) is 24.7 Å². The fourth-order valence-corrected chi connectivity index (χ4v) is 2.12. The van der Waals surface area contributed by atoms with E-state index in [9.17, 15) is 5.11 Å². The van der Waals surface area contributed by atoms with E-state index < -0.39 is 6.10 Å². The predicted octanol–water partition coefficient (Wildman–Crippen LogP) is 1.96. The molecule has 1 rings (SSSR count). The van der Waals surface area contributed by atoms with Gasteiger partial charge in [0.1, 0.15) is 0 Å². The van der Waals surface area contributed by atoms with Crippen molar-refractivity contribution in [2.24, 2.45) is 5.73 Å². The highest BCUT2D eigenvalue weighted by Crippen LogP contribution is 2.28. The van der Waals surface area contributed by atoms with Crippen LogP contribution in [0.15, 0.2) is 18.2 Å². The molecule has 0 bridgehead atoms.